The number of aliphatic hydroxyl groups excluding tert-OH is 1. The molecule has 14 heavy (non-hydrogen) atoms. The molecule has 0 saturated heterocycles. The molecular formula is C9H14N2O3. The number of carbonyl (C=O) groups excluding carboxylic acids is 1. The zero-order valence-corrected chi connectivity index (χ0v) is 8.21. The zero-order valence-electron chi connectivity index (χ0n) is 8.21. The lowest BCUT2D eigenvalue weighted by Crippen LogP contribution is -2.39. The minimum atomic E-state index is -1.17. The van der Waals surface area contributed by atoms with E-state index < -0.39 is 11.7 Å². The number of hydrogen-bond acceptors (Lipinski definition) is 4. The summed E-state index contributed by atoms with van der Waals surface area (Å²) >= 11 is 0. The van der Waals surface area contributed by atoms with Gasteiger partial charge in [0.05, 0.1) is 23.9 Å². The molecule has 1 heterocycles. The molecule has 1 atom stereocenters. The Labute approximate surface area is 82.0 Å². The quantitative estimate of drug-likeness (QED) is 0.658. The lowest BCUT2D eigenvalue weighted by Gasteiger charge is -2.24. The number of aromatic nitrogens is 2. The summed E-state index contributed by atoms with van der Waals surface area (Å²) in [5.41, 5.74) is -0.722. The first-order valence-corrected chi connectivity index (χ1v) is 4.31. The number of rotatable bonds is 4. The lowest BCUT2D eigenvalue weighted by molar-refractivity contribution is -0.0566. The Bertz CT molecular complexity index is 314. The predicted octanol–water partition coefficient (Wildman–Crippen LogP) is -0.173. The molecule has 0 radical (unpaired) electrons. The van der Waals surface area contributed by atoms with E-state index in [-0.39, 0.29) is 6.54 Å². The van der Waals surface area contributed by atoms with Gasteiger partial charge in [-0.2, -0.15) is 5.10 Å². The molecule has 5 heteroatoms. The van der Waals surface area contributed by atoms with Gasteiger partial charge in [-0.1, -0.05) is 0 Å². The molecule has 0 aliphatic carbocycles. The van der Waals surface area contributed by atoms with Gasteiger partial charge in [-0.15, -0.1) is 0 Å². The van der Waals surface area contributed by atoms with Gasteiger partial charge >= 0.3 is 0 Å². The average Bonchev–Trinajstić information content (AvgIpc) is 2.50. The Morgan fingerprint density at radius 2 is 2.36 bits per heavy atom. The number of hydrogen-bond donors (Lipinski definition) is 2. The highest BCUT2D eigenvalue weighted by atomic mass is 16.3. The van der Waals surface area contributed by atoms with Gasteiger partial charge in [-0.05, 0) is 13.8 Å². The Morgan fingerprint density at radius 3 is 2.79 bits per heavy atom. The van der Waals surface area contributed by atoms with E-state index in [0.717, 1.165) is 0 Å². The van der Waals surface area contributed by atoms with E-state index in [4.69, 9.17) is 0 Å². The third-order valence-electron chi connectivity index (χ3n) is 1.96. The minimum Gasteiger partial charge on any atom is -0.388 e. The average molecular weight is 198 g/mol. The fraction of sp³-hybridized carbons (Fsp3) is 0.556. The van der Waals surface area contributed by atoms with Gasteiger partial charge in [0.1, 0.15) is 6.10 Å². The SMILES string of the molecule is CC(C)(O)[C@H](O)Cn1cc(C=O)cn1. The van der Waals surface area contributed by atoms with E-state index in [1.54, 1.807) is 0 Å². The zero-order chi connectivity index (χ0) is 10.8. The standard InChI is InChI=1S/C9H14N2O3/c1-9(2,14)8(13)5-11-4-7(6-12)3-10-11/h3-4,6,8,13-14H,5H2,1-2H3/t8-/m1/s1. The molecule has 0 saturated carbocycles. The molecule has 0 aliphatic rings. The van der Waals surface area contributed by atoms with Crippen LogP contribution in [0.5, 0.6) is 0 Å². The second-order valence-corrected chi connectivity index (χ2v) is 3.78. The van der Waals surface area contributed by atoms with Gasteiger partial charge in [0.15, 0.2) is 6.29 Å². The third kappa shape index (κ3) is 2.65. The molecule has 0 fully saturated rings. The number of aldehydes is 1. The van der Waals surface area contributed by atoms with Gasteiger partial charge in [0.2, 0.25) is 0 Å². The summed E-state index contributed by atoms with van der Waals surface area (Å²) in [5, 5.41) is 22.8. The summed E-state index contributed by atoms with van der Waals surface area (Å²) in [6.45, 7) is 3.20. The van der Waals surface area contributed by atoms with Crippen molar-refractivity contribution >= 4 is 6.29 Å². The minimum absolute atomic E-state index is 0.164. The molecular weight excluding hydrogens is 184 g/mol. The Balaban J connectivity index is 2.65. The van der Waals surface area contributed by atoms with Crippen molar-refractivity contribution in [1.29, 1.82) is 0 Å². The van der Waals surface area contributed by atoms with Crippen molar-refractivity contribution in [3.05, 3.63) is 18.0 Å². The van der Waals surface area contributed by atoms with Crippen LogP contribution >= 0.6 is 0 Å². The topological polar surface area (TPSA) is 75.3 Å². The second-order valence-electron chi connectivity index (χ2n) is 3.78. The van der Waals surface area contributed by atoms with Crippen molar-refractivity contribution in [1.82, 2.24) is 9.78 Å². The highest BCUT2D eigenvalue weighted by Gasteiger charge is 2.24. The fourth-order valence-corrected chi connectivity index (χ4v) is 0.941. The van der Waals surface area contributed by atoms with Crippen molar-refractivity contribution in [3.8, 4) is 0 Å². The van der Waals surface area contributed by atoms with E-state index in [0.29, 0.717) is 11.8 Å². The third-order valence-corrected chi connectivity index (χ3v) is 1.96. The molecule has 2 N–H and O–H groups in total. The van der Waals surface area contributed by atoms with Crippen LogP contribution in [0.15, 0.2) is 12.4 Å². The van der Waals surface area contributed by atoms with Crippen molar-refractivity contribution in [2.45, 2.75) is 32.1 Å². The first kappa shape index (κ1) is 10.9. The fourth-order valence-electron chi connectivity index (χ4n) is 0.941. The molecule has 0 spiro atoms. The Hall–Kier alpha value is -1.20. The molecule has 0 amide bonds. The van der Waals surface area contributed by atoms with Crippen LogP contribution in [0.1, 0.15) is 24.2 Å². The van der Waals surface area contributed by atoms with Crippen LogP contribution in [0, 0.1) is 0 Å². The Morgan fingerprint density at radius 1 is 1.71 bits per heavy atom. The van der Waals surface area contributed by atoms with Gasteiger partial charge in [0.25, 0.3) is 0 Å². The molecule has 0 bridgehead atoms. The molecule has 0 aromatic carbocycles. The van der Waals surface area contributed by atoms with E-state index in [9.17, 15) is 15.0 Å². The molecule has 0 unspecified atom stereocenters. The van der Waals surface area contributed by atoms with Gasteiger partial charge in [0, 0.05) is 6.20 Å². The first-order chi connectivity index (χ1) is 6.43. The highest BCUT2D eigenvalue weighted by molar-refractivity contribution is 5.73. The maximum absolute atomic E-state index is 10.3. The number of nitrogens with zero attached hydrogens (tertiary/aromatic N) is 2. The second kappa shape index (κ2) is 3.89. The predicted molar refractivity (Wildman–Crippen MR) is 49.9 cm³/mol. The van der Waals surface area contributed by atoms with Crippen molar-refractivity contribution in [2.75, 3.05) is 0 Å². The molecule has 1 aromatic heterocycles. The smallest absolute Gasteiger partial charge is 0.153 e. The Kier molecular flexibility index (Phi) is 3.03. The molecule has 1 rings (SSSR count). The first-order valence-electron chi connectivity index (χ1n) is 4.31. The van der Waals surface area contributed by atoms with E-state index >= 15 is 0 Å². The number of carbonyl (C=O) groups is 1. The van der Waals surface area contributed by atoms with Crippen molar-refractivity contribution < 1.29 is 15.0 Å². The summed E-state index contributed by atoms with van der Waals surface area (Å²) in [6.07, 6.45) is 2.69. The van der Waals surface area contributed by atoms with Crippen LogP contribution < -0.4 is 0 Å². The number of aliphatic hydroxyl groups is 2. The summed E-state index contributed by atoms with van der Waals surface area (Å²) in [7, 11) is 0. The summed E-state index contributed by atoms with van der Waals surface area (Å²) in [6, 6.07) is 0. The molecule has 78 valence electrons. The van der Waals surface area contributed by atoms with Gasteiger partial charge in [-0.3, -0.25) is 9.48 Å². The van der Waals surface area contributed by atoms with Crippen molar-refractivity contribution in [3.63, 3.8) is 0 Å². The van der Waals surface area contributed by atoms with E-state index in [1.165, 1.54) is 30.9 Å². The normalized spacial score (nSPS) is 14.0. The largest absolute Gasteiger partial charge is 0.388 e. The maximum atomic E-state index is 10.3. The van der Waals surface area contributed by atoms with Gasteiger partial charge < -0.3 is 10.2 Å². The van der Waals surface area contributed by atoms with Crippen LogP contribution in [0.3, 0.4) is 0 Å². The summed E-state index contributed by atoms with van der Waals surface area (Å²) < 4.78 is 1.42. The summed E-state index contributed by atoms with van der Waals surface area (Å²) in [5.74, 6) is 0. The molecule has 5 nitrogen and oxygen atoms in total. The van der Waals surface area contributed by atoms with Crippen LogP contribution in [-0.2, 0) is 6.54 Å². The molecule has 1 aromatic rings. The highest BCUT2D eigenvalue weighted by Crippen LogP contribution is 2.10. The van der Waals surface area contributed by atoms with Crippen LogP contribution in [0.4, 0.5) is 0 Å². The van der Waals surface area contributed by atoms with Crippen LogP contribution in [0.25, 0.3) is 0 Å². The summed E-state index contributed by atoms with van der Waals surface area (Å²) in [4.78, 5) is 10.3. The van der Waals surface area contributed by atoms with E-state index in [2.05, 4.69) is 5.10 Å². The lowest BCUT2D eigenvalue weighted by atomic mass is 10.0. The van der Waals surface area contributed by atoms with Crippen LogP contribution in [-0.4, -0.2) is 38.0 Å². The monoisotopic (exact) mass is 198 g/mol. The van der Waals surface area contributed by atoms with Crippen molar-refractivity contribution in [2.24, 2.45) is 0 Å². The van der Waals surface area contributed by atoms with Crippen LogP contribution in [0.2, 0.25) is 0 Å². The molecule has 0 aliphatic heterocycles. The van der Waals surface area contributed by atoms with E-state index in [1.807, 2.05) is 0 Å². The van der Waals surface area contributed by atoms with Gasteiger partial charge in [-0.25, -0.2) is 0 Å². The maximum Gasteiger partial charge on any atom is 0.153 e.